The van der Waals surface area contributed by atoms with Crippen LogP contribution in [0.25, 0.3) is 0 Å². The average Bonchev–Trinajstić information content (AvgIpc) is 2.39. The maximum absolute atomic E-state index is 11.8. The molecule has 124 valence electrons. The normalized spacial score (nSPS) is 12.0. The number of carbonyl (C=O) groups is 1. The summed E-state index contributed by atoms with van der Waals surface area (Å²) in [7, 11) is 5.10. The van der Waals surface area contributed by atoms with Crippen LogP contribution in [0.5, 0.6) is 0 Å². The van der Waals surface area contributed by atoms with E-state index in [1.165, 1.54) is 4.90 Å². The van der Waals surface area contributed by atoms with Gasteiger partial charge in [-0.25, -0.2) is 4.79 Å². The Morgan fingerprint density at radius 1 is 1.24 bits per heavy atom. The third-order valence-corrected chi connectivity index (χ3v) is 2.49. The topological polar surface area (TPSA) is 75.2 Å². The number of methoxy groups -OCH3 is 1. The molecule has 0 aliphatic rings. The van der Waals surface area contributed by atoms with Gasteiger partial charge in [0.05, 0.1) is 0 Å². The molecular formula is C14H30N4O3. The van der Waals surface area contributed by atoms with Crippen molar-refractivity contribution in [2.45, 2.75) is 32.8 Å². The van der Waals surface area contributed by atoms with E-state index in [1.54, 1.807) is 21.2 Å². The Morgan fingerprint density at radius 3 is 2.38 bits per heavy atom. The molecule has 0 rings (SSSR count). The zero-order chi connectivity index (χ0) is 16.3. The first-order chi connectivity index (χ1) is 9.80. The van der Waals surface area contributed by atoms with E-state index in [1.807, 2.05) is 20.8 Å². The summed E-state index contributed by atoms with van der Waals surface area (Å²) in [5, 5.41) is 6.31. The number of hydrogen-bond acceptors (Lipinski definition) is 4. The second kappa shape index (κ2) is 10.3. The molecule has 7 heteroatoms. The number of rotatable bonds is 7. The lowest BCUT2D eigenvalue weighted by atomic mass is 10.2. The number of nitrogens with zero attached hydrogens (tertiary/aromatic N) is 2. The molecule has 7 nitrogen and oxygen atoms in total. The van der Waals surface area contributed by atoms with Gasteiger partial charge in [0.25, 0.3) is 0 Å². The fourth-order valence-corrected chi connectivity index (χ4v) is 1.42. The van der Waals surface area contributed by atoms with Gasteiger partial charge in [0.1, 0.15) is 5.60 Å². The molecule has 0 aliphatic carbocycles. The van der Waals surface area contributed by atoms with Crippen LogP contribution >= 0.6 is 0 Å². The second-order valence-corrected chi connectivity index (χ2v) is 5.67. The minimum atomic E-state index is -0.474. The van der Waals surface area contributed by atoms with Crippen molar-refractivity contribution in [3.8, 4) is 0 Å². The number of nitrogens with one attached hydrogen (secondary N) is 2. The smallest absolute Gasteiger partial charge is 0.410 e. The van der Waals surface area contributed by atoms with Crippen LogP contribution < -0.4 is 10.6 Å². The zero-order valence-corrected chi connectivity index (χ0v) is 14.2. The molecule has 2 N–H and O–H groups in total. The van der Waals surface area contributed by atoms with E-state index in [9.17, 15) is 4.79 Å². The first-order valence-electron chi connectivity index (χ1n) is 7.17. The molecule has 21 heavy (non-hydrogen) atoms. The molecule has 0 fully saturated rings. The molecule has 0 bridgehead atoms. The van der Waals surface area contributed by atoms with Gasteiger partial charge < -0.3 is 25.0 Å². The van der Waals surface area contributed by atoms with Crippen LogP contribution in [-0.2, 0) is 9.47 Å². The van der Waals surface area contributed by atoms with E-state index in [-0.39, 0.29) is 6.09 Å². The van der Waals surface area contributed by atoms with Crippen molar-refractivity contribution in [3.63, 3.8) is 0 Å². The van der Waals surface area contributed by atoms with Crippen molar-refractivity contribution in [1.82, 2.24) is 15.5 Å². The molecule has 0 aromatic carbocycles. The van der Waals surface area contributed by atoms with Crippen molar-refractivity contribution in [2.75, 3.05) is 47.4 Å². The highest BCUT2D eigenvalue weighted by molar-refractivity contribution is 5.79. The number of carbonyl (C=O) groups excluding carboxylic acids is 1. The summed E-state index contributed by atoms with van der Waals surface area (Å²) in [4.78, 5) is 17.4. The van der Waals surface area contributed by atoms with E-state index in [0.29, 0.717) is 25.7 Å². The average molecular weight is 302 g/mol. The van der Waals surface area contributed by atoms with Gasteiger partial charge in [0, 0.05) is 47.4 Å². The molecule has 0 aliphatic heterocycles. The van der Waals surface area contributed by atoms with Crippen LogP contribution in [0.4, 0.5) is 4.79 Å². The number of ether oxygens (including phenoxy) is 2. The van der Waals surface area contributed by atoms with E-state index in [4.69, 9.17) is 9.47 Å². The Hall–Kier alpha value is -1.50. The molecule has 0 heterocycles. The lowest BCUT2D eigenvalue weighted by Gasteiger charge is -2.24. The molecule has 1 amide bonds. The highest BCUT2D eigenvalue weighted by Gasteiger charge is 2.19. The standard InChI is InChI=1S/C14H30N4O3/c1-14(2,3)21-13(19)18(5)10-9-17-12(15-4)16-8-7-11-20-6/h7-11H2,1-6H3,(H2,15,16,17). The van der Waals surface area contributed by atoms with E-state index < -0.39 is 5.60 Å². The van der Waals surface area contributed by atoms with Crippen LogP contribution in [0.2, 0.25) is 0 Å². The first kappa shape index (κ1) is 19.5. The highest BCUT2D eigenvalue weighted by atomic mass is 16.6. The molecule has 0 unspecified atom stereocenters. The van der Waals surface area contributed by atoms with Gasteiger partial charge in [-0.1, -0.05) is 0 Å². The van der Waals surface area contributed by atoms with Gasteiger partial charge in [-0.15, -0.1) is 0 Å². The first-order valence-corrected chi connectivity index (χ1v) is 7.17. The number of guanidine groups is 1. The number of hydrogen-bond donors (Lipinski definition) is 2. The van der Waals surface area contributed by atoms with Crippen LogP contribution in [0.1, 0.15) is 27.2 Å². The van der Waals surface area contributed by atoms with Crippen LogP contribution in [-0.4, -0.2) is 70.0 Å². The van der Waals surface area contributed by atoms with Crippen molar-refractivity contribution in [3.05, 3.63) is 0 Å². The maximum atomic E-state index is 11.8. The monoisotopic (exact) mass is 302 g/mol. The summed E-state index contributed by atoms with van der Waals surface area (Å²) in [6.07, 6.45) is 0.585. The summed E-state index contributed by atoms with van der Waals surface area (Å²) in [5.41, 5.74) is -0.474. The summed E-state index contributed by atoms with van der Waals surface area (Å²) >= 11 is 0. The summed E-state index contributed by atoms with van der Waals surface area (Å²) in [6.45, 7) is 8.18. The predicted octanol–water partition coefficient (Wildman–Crippen LogP) is 1.05. The Morgan fingerprint density at radius 2 is 1.86 bits per heavy atom. The molecule has 0 atom stereocenters. The summed E-state index contributed by atoms with van der Waals surface area (Å²) < 4.78 is 10.3. The Labute approximate surface area is 128 Å². The van der Waals surface area contributed by atoms with Gasteiger partial charge in [-0.05, 0) is 27.2 Å². The maximum Gasteiger partial charge on any atom is 0.410 e. The van der Waals surface area contributed by atoms with Gasteiger partial charge in [0.15, 0.2) is 5.96 Å². The van der Waals surface area contributed by atoms with Gasteiger partial charge in [0.2, 0.25) is 0 Å². The fraction of sp³-hybridized carbons (Fsp3) is 0.857. The Bertz CT molecular complexity index is 327. The highest BCUT2D eigenvalue weighted by Crippen LogP contribution is 2.08. The molecule has 0 aromatic rings. The minimum Gasteiger partial charge on any atom is -0.444 e. The third kappa shape index (κ3) is 10.9. The minimum absolute atomic E-state index is 0.327. The molecular weight excluding hydrogens is 272 g/mol. The summed E-state index contributed by atoms with van der Waals surface area (Å²) in [5.74, 6) is 0.712. The van der Waals surface area contributed by atoms with Crippen LogP contribution in [0, 0.1) is 0 Å². The lowest BCUT2D eigenvalue weighted by molar-refractivity contribution is 0.0302. The predicted molar refractivity (Wildman–Crippen MR) is 84.7 cm³/mol. The van der Waals surface area contributed by atoms with Crippen LogP contribution in [0.15, 0.2) is 4.99 Å². The van der Waals surface area contributed by atoms with Crippen LogP contribution in [0.3, 0.4) is 0 Å². The van der Waals surface area contributed by atoms with Crippen molar-refractivity contribution in [2.24, 2.45) is 4.99 Å². The molecule has 0 aromatic heterocycles. The van der Waals surface area contributed by atoms with Gasteiger partial charge in [-0.2, -0.15) is 0 Å². The largest absolute Gasteiger partial charge is 0.444 e. The number of likely N-dealkylation sites (N-methyl/N-ethyl adjacent to an activating group) is 1. The molecule has 0 saturated heterocycles. The van der Waals surface area contributed by atoms with Gasteiger partial charge in [-0.3, -0.25) is 4.99 Å². The van der Waals surface area contributed by atoms with E-state index in [0.717, 1.165) is 13.0 Å². The SMILES string of the molecule is CN=C(NCCCOC)NCCN(C)C(=O)OC(C)(C)C. The van der Waals surface area contributed by atoms with Crippen molar-refractivity contribution < 1.29 is 14.3 Å². The van der Waals surface area contributed by atoms with Crippen molar-refractivity contribution in [1.29, 1.82) is 0 Å². The number of aliphatic imine (C=N–C) groups is 1. The zero-order valence-electron chi connectivity index (χ0n) is 14.2. The lowest BCUT2D eigenvalue weighted by Crippen LogP contribution is -2.43. The molecule has 0 spiro atoms. The van der Waals surface area contributed by atoms with E-state index in [2.05, 4.69) is 15.6 Å². The summed E-state index contributed by atoms with van der Waals surface area (Å²) in [6, 6.07) is 0. The van der Waals surface area contributed by atoms with E-state index >= 15 is 0 Å². The third-order valence-electron chi connectivity index (χ3n) is 2.49. The Kier molecular flexibility index (Phi) is 9.53. The molecule has 0 saturated carbocycles. The van der Waals surface area contributed by atoms with Crippen molar-refractivity contribution >= 4 is 12.1 Å². The number of amides is 1. The fourth-order valence-electron chi connectivity index (χ4n) is 1.42. The quantitative estimate of drug-likeness (QED) is 0.418. The second-order valence-electron chi connectivity index (χ2n) is 5.67. The Balaban J connectivity index is 3.91. The molecule has 0 radical (unpaired) electrons. The van der Waals surface area contributed by atoms with Gasteiger partial charge >= 0.3 is 6.09 Å².